The highest BCUT2D eigenvalue weighted by atomic mass is 16.4. The molecule has 0 unspecified atom stereocenters. The summed E-state index contributed by atoms with van der Waals surface area (Å²) in [5.74, 6) is -1.16. The fraction of sp³-hybridized carbons (Fsp3) is 0.312. The number of hydrogen-bond acceptors (Lipinski definition) is 3. The van der Waals surface area contributed by atoms with Crippen molar-refractivity contribution in [1.82, 2.24) is 15.1 Å². The Hall–Kier alpha value is -2.63. The summed E-state index contributed by atoms with van der Waals surface area (Å²) >= 11 is 0. The Morgan fingerprint density at radius 2 is 2.00 bits per heavy atom. The van der Waals surface area contributed by atoms with Crippen molar-refractivity contribution < 1.29 is 14.7 Å². The lowest BCUT2D eigenvalue weighted by Crippen LogP contribution is -2.54. The van der Waals surface area contributed by atoms with E-state index in [0.717, 1.165) is 12.1 Å². The van der Waals surface area contributed by atoms with Crippen LogP contribution in [-0.4, -0.2) is 32.3 Å². The molecule has 2 N–H and O–H groups in total. The van der Waals surface area contributed by atoms with Gasteiger partial charge in [0.15, 0.2) is 0 Å². The summed E-state index contributed by atoms with van der Waals surface area (Å²) in [5.41, 5.74) is 0.698. The fourth-order valence-electron chi connectivity index (χ4n) is 2.71. The van der Waals surface area contributed by atoms with Crippen LogP contribution in [0.3, 0.4) is 0 Å². The topological polar surface area (TPSA) is 84.2 Å². The lowest BCUT2D eigenvalue weighted by molar-refractivity contribution is -0.139. The third-order valence-electron chi connectivity index (χ3n) is 4.04. The zero-order valence-corrected chi connectivity index (χ0v) is 12.0. The van der Waals surface area contributed by atoms with Crippen LogP contribution in [0.5, 0.6) is 0 Å². The fourth-order valence-corrected chi connectivity index (χ4v) is 2.71. The van der Waals surface area contributed by atoms with Crippen LogP contribution < -0.4 is 5.32 Å². The zero-order valence-electron chi connectivity index (χ0n) is 12.0. The average molecular weight is 299 g/mol. The smallest absolute Gasteiger partial charge is 0.305 e. The van der Waals surface area contributed by atoms with E-state index in [1.54, 1.807) is 10.9 Å². The van der Waals surface area contributed by atoms with Crippen molar-refractivity contribution in [3.05, 3.63) is 48.3 Å². The molecule has 1 fully saturated rings. The van der Waals surface area contributed by atoms with E-state index in [1.807, 2.05) is 30.3 Å². The number of carboxylic acid groups (broad SMARTS) is 1. The van der Waals surface area contributed by atoms with Crippen LogP contribution in [0.4, 0.5) is 0 Å². The Morgan fingerprint density at radius 1 is 1.27 bits per heavy atom. The summed E-state index contributed by atoms with van der Waals surface area (Å²) in [5, 5.41) is 16.0. The van der Waals surface area contributed by atoms with Crippen molar-refractivity contribution in [2.24, 2.45) is 0 Å². The van der Waals surface area contributed by atoms with Crippen molar-refractivity contribution in [1.29, 1.82) is 0 Å². The molecule has 1 aromatic carbocycles. The summed E-state index contributed by atoms with van der Waals surface area (Å²) in [4.78, 5) is 23.3. The van der Waals surface area contributed by atoms with E-state index in [2.05, 4.69) is 10.4 Å². The molecule has 0 atom stereocenters. The van der Waals surface area contributed by atoms with Crippen molar-refractivity contribution in [3.63, 3.8) is 0 Å². The second kappa shape index (κ2) is 5.63. The molecule has 1 amide bonds. The normalized spacial score (nSPS) is 15.8. The minimum atomic E-state index is -0.889. The van der Waals surface area contributed by atoms with Gasteiger partial charge >= 0.3 is 5.97 Å². The summed E-state index contributed by atoms with van der Waals surface area (Å²) in [6, 6.07) is 9.49. The van der Waals surface area contributed by atoms with Gasteiger partial charge in [-0.2, -0.15) is 5.10 Å². The van der Waals surface area contributed by atoms with Crippen molar-refractivity contribution in [3.8, 4) is 5.69 Å². The van der Waals surface area contributed by atoms with Crippen LogP contribution in [-0.2, 0) is 4.79 Å². The summed E-state index contributed by atoms with van der Waals surface area (Å²) in [7, 11) is 0. The minimum Gasteiger partial charge on any atom is -0.481 e. The Balaban J connectivity index is 1.73. The van der Waals surface area contributed by atoms with Gasteiger partial charge in [0.1, 0.15) is 0 Å². The SMILES string of the molecule is O=C(O)CC1(NC(=O)c2cnn(-c3ccccc3)c2)CCC1. The van der Waals surface area contributed by atoms with Gasteiger partial charge in [-0.05, 0) is 31.4 Å². The first-order valence-electron chi connectivity index (χ1n) is 7.22. The molecule has 0 radical (unpaired) electrons. The van der Waals surface area contributed by atoms with Crippen molar-refractivity contribution >= 4 is 11.9 Å². The molecule has 1 aliphatic carbocycles. The van der Waals surface area contributed by atoms with E-state index < -0.39 is 11.5 Å². The first-order chi connectivity index (χ1) is 10.6. The number of nitrogens with one attached hydrogen (secondary N) is 1. The van der Waals surface area contributed by atoms with E-state index in [4.69, 9.17) is 5.11 Å². The molecule has 0 saturated heterocycles. The van der Waals surface area contributed by atoms with Crippen LogP contribution in [0.25, 0.3) is 5.69 Å². The van der Waals surface area contributed by atoms with Crippen molar-refractivity contribution in [2.45, 2.75) is 31.2 Å². The molecule has 1 aliphatic rings. The predicted molar refractivity (Wildman–Crippen MR) is 79.9 cm³/mol. The lowest BCUT2D eigenvalue weighted by Gasteiger charge is -2.41. The Labute approximate surface area is 127 Å². The van der Waals surface area contributed by atoms with E-state index in [0.29, 0.717) is 18.4 Å². The Kier molecular flexibility index (Phi) is 3.66. The molecule has 0 bridgehead atoms. The van der Waals surface area contributed by atoms with Gasteiger partial charge in [-0.3, -0.25) is 9.59 Å². The third kappa shape index (κ3) is 2.86. The summed E-state index contributed by atoms with van der Waals surface area (Å²) in [6.45, 7) is 0. The first-order valence-corrected chi connectivity index (χ1v) is 7.22. The van der Waals surface area contributed by atoms with Gasteiger partial charge in [0, 0.05) is 6.20 Å². The number of carbonyl (C=O) groups excluding carboxylic acids is 1. The van der Waals surface area contributed by atoms with Crippen LogP contribution in [0.15, 0.2) is 42.7 Å². The van der Waals surface area contributed by atoms with Crippen LogP contribution >= 0.6 is 0 Å². The number of amides is 1. The summed E-state index contributed by atoms with van der Waals surface area (Å²) in [6.07, 6.45) is 5.46. The molecular weight excluding hydrogens is 282 g/mol. The van der Waals surface area contributed by atoms with E-state index >= 15 is 0 Å². The highest BCUT2D eigenvalue weighted by molar-refractivity contribution is 5.94. The first kappa shape index (κ1) is 14.3. The average Bonchev–Trinajstić information content (AvgIpc) is 2.95. The number of carbonyl (C=O) groups is 2. The molecule has 114 valence electrons. The number of nitrogens with zero attached hydrogens (tertiary/aromatic N) is 2. The molecule has 6 nitrogen and oxygen atoms in total. The number of hydrogen-bond donors (Lipinski definition) is 2. The van der Waals surface area contributed by atoms with Gasteiger partial charge in [-0.25, -0.2) is 4.68 Å². The van der Waals surface area contributed by atoms with Crippen LogP contribution in [0.2, 0.25) is 0 Å². The van der Waals surface area contributed by atoms with Gasteiger partial charge in [-0.15, -0.1) is 0 Å². The second-order valence-electron chi connectivity index (χ2n) is 5.67. The van der Waals surface area contributed by atoms with Gasteiger partial charge in [-0.1, -0.05) is 18.2 Å². The van der Waals surface area contributed by atoms with Crippen molar-refractivity contribution in [2.75, 3.05) is 0 Å². The van der Waals surface area contributed by atoms with E-state index in [9.17, 15) is 9.59 Å². The standard InChI is InChI=1S/C16H17N3O3/c20-14(21)9-16(7-4-8-16)18-15(22)12-10-17-19(11-12)13-5-2-1-3-6-13/h1-3,5-6,10-11H,4,7-9H2,(H,18,22)(H,20,21). The number of benzene rings is 1. The van der Waals surface area contributed by atoms with Gasteiger partial charge in [0.05, 0.1) is 29.4 Å². The Morgan fingerprint density at radius 3 is 2.59 bits per heavy atom. The molecule has 2 aromatic rings. The molecule has 22 heavy (non-hydrogen) atoms. The number of rotatable bonds is 5. The largest absolute Gasteiger partial charge is 0.481 e. The minimum absolute atomic E-state index is 0.0361. The second-order valence-corrected chi connectivity index (χ2v) is 5.67. The maximum atomic E-state index is 12.3. The quantitative estimate of drug-likeness (QED) is 0.884. The maximum Gasteiger partial charge on any atom is 0.305 e. The number of aliphatic carboxylic acids is 1. The number of para-hydroxylation sites is 1. The summed E-state index contributed by atoms with van der Waals surface area (Å²) < 4.78 is 1.62. The molecular formula is C16H17N3O3. The zero-order chi connectivity index (χ0) is 15.6. The van der Waals surface area contributed by atoms with E-state index in [1.165, 1.54) is 6.20 Å². The lowest BCUT2D eigenvalue weighted by atomic mass is 9.74. The molecule has 1 aromatic heterocycles. The van der Waals surface area contributed by atoms with Gasteiger partial charge < -0.3 is 10.4 Å². The molecule has 0 spiro atoms. The predicted octanol–water partition coefficient (Wildman–Crippen LogP) is 2.00. The molecule has 0 aliphatic heterocycles. The van der Waals surface area contributed by atoms with Crippen LogP contribution in [0.1, 0.15) is 36.0 Å². The monoisotopic (exact) mass is 299 g/mol. The molecule has 3 rings (SSSR count). The maximum absolute atomic E-state index is 12.3. The molecule has 6 heteroatoms. The van der Waals surface area contributed by atoms with E-state index in [-0.39, 0.29) is 12.3 Å². The number of aromatic nitrogens is 2. The number of carboxylic acids is 1. The third-order valence-corrected chi connectivity index (χ3v) is 4.04. The Bertz CT molecular complexity index is 690. The van der Waals surface area contributed by atoms with Crippen LogP contribution in [0, 0.1) is 0 Å². The molecule has 1 saturated carbocycles. The molecule has 1 heterocycles. The highest BCUT2D eigenvalue weighted by Gasteiger charge is 2.40. The highest BCUT2D eigenvalue weighted by Crippen LogP contribution is 2.35. The van der Waals surface area contributed by atoms with Gasteiger partial charge in [0.25, 0.3) is 5.91 Å². The van der Waals surface area contributed by atoms with Gasteiger partial charge in [0.2, 0.25) is 0 Å².